The van der Waals surface area contributed by atoms with Gasteiger partial charge in [0, 0.05) is 6.42 Å². The van der Waals surface area contributed by atoms with E-state index in [1.54, 1.807) is 0 Å². The molecule has 7 heteroatoms. The Morgan fingerprint density at radius 3 is 2.00 bits per heavy atom. The molecule has 90 valence electrons. The van der Waals surface area contributed by atoms with Crippen molar-refractivity contribution in [3.8, 4) is 0 Å². The van der Waals surface area contributed by atoms with Crippen molar-refractivity contribution >= 4 is 0 Å². The maximum absolute atomic E-state index is 9.46. The third kappa shape index (κ3) is 2.45. The van der Waals surface area contributed by atoms with Crippen LogP contribution in [0.4, 0.5) is 0 Å². The average Bonchev–Trinajstić information content (AvgIpc) is 2.21. The second-order valence-corrected chi connectivity index (χ2v) is 3.62. The minimum atomic E-state index is -1.88. The van der Waals surface area contributed by atoms with Crippen LogP contribution in [0.5, 0.6) is 0 Å². The minimum absolute atomic E-state index is 0.132. The maximum atomic E-state index is 9.46. The van der Waals surface area contributed by atoms with Crippen LogP contribution in [0.2, 0.25) is 0 Å². The van der Waals surface area contributed by atoms with E-state index >= 15 is 0 Å². The molecule has 0 radical (unpaired) electrons. The maximum Gasteiger partial charge on any atom is 0.196 e. The van der Waals surface area contributed by atoms with E-state index in [0.717, 1.165) is 0 Å². The number of hydrogen-bond donors (Lipinski definition) is 6. The zero-order valence-electron chi connectivity index (χ0n) is 8.02. The highest BCUT2D eigenvalue weighted by Crippen LogP contribution is 2.29. The highest BCUT2D eigenvalue weighted by molar-refractivity contribution is 4.92. The van der Waals surface area contributed by atoms with Crippen molar-refractivity contribution in [3.05, 3.63) is 0 Å². The summed E-state index contributed by atoms with van der Waals surface area (Å²) >= 11 is 0. The second kappa shape index (κ2) is 4.71. The van der Waals surface area contributed by atoms with Crippen molar-refractivity contribution in [1.29, 1.82) is 0 Å². The van der Waals surface area contributed by atoms with Gasteiger partial charge >= 0.3 is 0 Å². The van der Waals surface area contributed by atoms with Crippen LogP contribution in [0.25, 0.3) is 0 Å². The average molecular weight is 224 g/mol. The van der Waals surface area contributed by atoms with Gasteiger partial charge in [0.15, 0.2) is 5.79 Å². The van der Waals surface area contributed by atoms with Crippen LogP contribution >= 0.6 is 0 Å². The summed E-state index contributed by atoms with van der Waals surface area (Å²) in [4.78, 5) is 0. The molecule has 0 aromatic rings. The summed E-state index contributed by atoms with van der Waals surface area (Å²) in [5.74, 6) is -1.88. The van der Waals surface area contributed by atoms with Crippen LogP contribution in [0, 0.1) is 0 Å². The van der Waals surface area contributed by atoms with Gasteiger partial charge < -0.3 is 35.4 Å². The first-order chi connectivity index (χ1) is 6.92. The van der Waals surface area contributed by atoms with E-state index in [1.165, 1.54) is 0 Å². The van der Waals surface area contributed by atoms with Gasteiger partial charge in [0.2, 0.25) is 0 Å². The number of aliphatic hydroxyl groups is 6. The quantitative estimate of drug-likeness (QED) is 0.286. The summed E-state index contributed by atoms with van der Waals surface area (Å²) in [7, 11) is 0. The number of ether oxygens (including phenoxy) is 1. The topological polar surface area (TPSA) is 131 Å². The Kier molecular flexibility index (Phi) is 4.01. The Balaban J connectivity index is 2.55. The molecular formula is C8H16O7. The molecule has 1 unspecified atom stereocenters. The number of aliphatic hydroxyl groups excluding tert-OH is 5. The van der Waals surface area contributed by atoms with E-state index in [9.17, 15) is 20.4 Å². The zero-order chi connectivity index (χ0) is 11.6. The number of rotatable bonds is 5. The molecule has 7 nitrogen and oxygen atoms in total. The molecule has 5 atom stereocenters. The molecular weight excluding hydrogens is 208 g/mol. The third-order valence-electron chi connectivity index (χ3n) is 2.53. The fourth-order valence-electron chi connectivity index (χ4n) is 1.33. The lowest BCUT2D eigenvalue weighted by Crippen LogP contribution is -2.61. The van der Waals surface area contributed by atoms with Crippen molar-refractivity contribution in [3.63, 3.8) is 0 Å². The second-order valence-electron chi connectivity index (χ2n) is 3.62. The molecule has 1 rings (SSSR count). The van der Waals surface area contributed by atoms with E-state index in [4.69, 9.17) is 10.2 Å². The molecule has 0 saturated carbocycles. The SMILES string of the molecule is OC[C@@H](O)[C@@H](O)[C@H](O)[C@@H](O)C1(O)CCO1. The van der Waals surface area contributed by atoms with Gasteiger partial charge in [-0.2, -0.15) is 0 Å². The monoisotopic (exact) mass is 224 g/mol. The van der Waals surface area contributed by atoms with Gasteiger partial charge in [-0.3, -0.25) is 0 Å². The molecule has 0 aromatic heterocycles. The molecule has 0 bridgehead atoms. The van der Waals surface area contributed by atoms with Crippen molar-refractivity contribution < 1.29 is 35.4 Å². The fraction of sp³-hybridized carbons (Fsp3) is 1.00. The molecule has 1 saturated heterocycles. The molecule has 6 N–H and O–H groups in total. The normalized spacial score (nSPS) is 34.0. The van der Waals surface area contributed by atoms with Crippen LogP contribution in [0.15, 0.2) is 0 Å². The fourth-order valence-corrected chi connectivity index (χ4v) is 1.33. The first kappa shape index (κ1) is 12.8. The standard InChI is InChI=1S/C8H16O7/c9-3-4(10)5(11)6(12)7(13)8(14)1-2-15-8/h4-7,9-14H,1-3H2/t4-,5-,6+,7-,8?/m1/s1. The van der Waals surface area contributed by atoms with Crippen LogP contribution in [-0.2, 0) is 4.74 Å². The first-order valence-corrected chi connectivity index (χ1v) is 4.62. The summed E-state index contributed by atoms with van der Waals surface area (Å²) in [5, 5.41) is 55.1. The molecule has 0 aliphatic carbocycles. The van der Waals surface area contributed by atoms with Crippen molar-refractivity contribution in [2.24, 2.45) is 0 Å². The lowest BCUT2D eigenvalue weighted by molar-refractivity contribution is -0.342. The Labute approximate surface area is 86.2 Å². The van der Waals surface area contributed by atoms with Gasteiger partial charge in [0.1, 0.15) is 24.4 Å². The molecule has 0 amide bonds. The Hall–Kier alpha value is -0.280. The molecule has 0 spiro atoms. The summed E-state index contributed by atoms with van der Waals surface area (Å²) in [5.41, 5.74) is 0. The number of hydrogen-bond acceptors (Lipinski definition) is 7. The highest BCUT2D eigenvalue weighted by Gasteiger charge is 2.49. The summed E-state index contributed by atoms with van der Waals surface area (Å²) in [6, 6.07) is 0. The lowest BCUT2D eigenvalue weighted by Gasteiger charge is -2.43. The van der Waals surface area contributed by atoms with Crippen molar-refractivity contribution in [1.82, 2.24) is 0 Å². The summed E-state index contributed by atoms with van der Waals surface area (Å²) in [6.45, 7) is -0.511. The Bertz CT molecular complexity index is 205. The summed E-state index contributed by atoms with van der Waals surface area (Å²) < 4.78 is 4.65. The van der Waals surface area contributed by atoms with Gasteiger partial charge in [-0.25, -0.2) is 0 Å². The van der Waals surface area contributed by atoms with E-state index in [2.05, 4.69) is 4.74 Å². The van der Waals surface area contributed by atoms with E-state index in [0.29, 0.717) is 0 Å². The smallest absolute Gasteiger partial charge is 0.196 e. The van der Waals surface area contributed by atoms with E-state index in [1.807, 2.05) is 0 Å². The van der Waals surface area contributed by atoms with Crippen molar-refractivity contribution in [2.45, 2.75) is 36.6 Å². The molecule has 1 fully saturated rings. The molecule has 0 aromatic carbocycles. The Morgan fingerprint density at radius 1 is 1.13 bits per heavy atom. The van der Waals surface area contributed by atoms with Gasteiger partial charge in [-0.15, -0.1) is 0 Å². The van der Waals surface area contributed by atoms with E-state index < -0.39 is 36.8 Å². The molecule has 15 heavy (non-hydrogen) atoms. The predicted octanol–water partition coefficient (Wildman–Crippen LogP) is -3.47. The predicted molar refractivity (Wildman–Crippen MR) is 46.6 cm³/mol. The van der Waals surface area contributed by atoms with Gasteiger partial charge in [-0.05, 0) is 0 Å². The first-order valence-electron chi connectivity index (χ1n) is 4.62. The van der Waals surface area contributed by atoms with Crippen LogP contribution in [-0.4, -0.2) is 74.1 Å². The highest BCUT2D eigenvalue weighted by atomic mass is 16.7. The largest absolute Gasteiger partial charge is 0.394 e. The lowest BCUT2D eigenvalue weighted by atomic mass is 9.93. The third-order valence-corrected chi connectivity index (χ3v) is 2.53. The van der Waals surface area contributed by atoms with E-state index in [-0.39, 0.29) is 13.0 Å². The zero-order valence-corrected chi connectivity index (χ0v) is 8.02. The molecule has 1 aliphatic heterocycles. The Morgan fingerprint density at radius 2 is 1.67 bits per heavy atom. The van der Waals surface area contributed by atoms with Crippen LogP contribution < -0.4 is 0 Å². The van der Waals surface area contributed by atoms with Crippen LogP contribution in [0.3, 0.4) is 0 Å². The molecule has 1 aliphatic rings. The minimum Gasteiger partial charge on any atom is -0.394 e. The van der Waals surface area contributed by atoms with Crippen LogP contribution in [0.1, 0.15) is 6.42 Å². The van der Waals surface area contributed by atoms with Gasteiger partial charge in [-0.1, -0.05) is 0 Å². The summed E-state index contributed by atoms with van der Waals surface area (Å²) in [6.07, 6.45) is -6.73. The van der Waals surface area contributed by atoms with Gasteiger partial charge in [0.25, 0.3) is 0 Å². The van der Waals surface area contributed by atoms with Gasteiger partial charge in [0.05, 0.1) is 13.2 Å². The molecule has 1 heterocycles. The van der Waals surface area contributed by atoms with Crippen molar-refractivity contribution in [2.75, 3.05) is 13.2 Å².